The summed E-state index contributed by atoms with van der Waals surface area (Å²) in [5, 5.41) is 20.8. The first-order chi connectivity index (χ1) is 8.24. The molecule has 18 heavy (non-hydrogen) atoms. The van der Waals surface area contributed by atoms with E-state index in [1.54, 1.807) is 6.07 Å². The third-order valence-electron chi connectivity index (χ3n) is 2.24. The summed E-state index contributed by atoms with van der Waals surface area (Å²) in [5.41, 5.74) is -1.72. The fourth-order valence-electron chi connectivity index (χ4n) is 1.07. The van der Waals surface area contributed by atoms with Crippen LogP contribution in [0.25, 0.3) is 0 Å². The lowest BCUT2D eigenvalue weighted by atomic mass is 10.1. The molecule has 1 atom stereocenters. The number of benzene rings is 1. The van der Waals surface area contributed by atoms with Crippen molar-refractivity contribution in [2.45, 2.75) is 12.5 Å². The van der Waals surface area contributed by atoms with E-state index >= 15 is 0 Å². The van der Waals surface area contributed by atoms with E-state index in [-0.39, 0.29) is 5.56 Å². The molecule has 0 radical (unpaired) electrons. The van der Waals surface area contributed by atoms with Crippen molar-refractivity contribution < 1.29 is 19.8 Å². The number of carbonyl (C=O) groups excluding carboxylic acids is 1. The third kappa shape index (κ3) is 3.69. The first-order valence-electron chi connectivity index (χ1n) is 4.93. The Kier molecular flexibility index (Phi) is 4.72. The summed E-state index contributed by atoms with van der Waals surface area (Å²) in [6, 6.07) is 4.57. The van der Waals surface area contributed by atoms with Gasteiger partial charge in [-0.3, -0.25) is 4.79 Å². The van der Waals surface area contributed by atoms with Crippen molar-refractivity contribution in [1.82, 2.24) is 5.32 Å². The number of nitrogens with one attached hydrogen (secondary N) is 1. The quantitative estimate of drug-likeness (QED) is 0.780. The SMILES string of the molecule is CC(O)(CNC(=O)c1ccc(Br)c(Cl)c1)C(=O)O. The first-order valence-corrected chi connectivity index (χ1v) is 6.10. The van der Waals surface area contributed by atoms with Crippen LogP contribution in [0.4, 0.5) is 0 Å². The fraction of sp³-hybridized carbons (Fsp3) is 0.273. The maximum Gasteiger partial charge on any atom is 0.337 e. The van der Waals surface area contributed by atoms with Gasteiger partial charge in [-0.15, -0.1) is 0 Å². The predicted molar refractivity (Wildman–Crippen MR) is 69.7 cm³/mol. The Hall–Kier alpha value is -1.11. The van der Waals surface area contributed by atoms with Gasteiger partial charge in [0.25, 0.3) is 5.91 Å². The first kappa shape index (κ1) is 14.9. The highest BCUT2D eigenvalue weighted by atomic mass is 79.9. The molecule has 0 heterocycles. The summed E-state index contributed by atoms with van der Waals surface area (Å²) in [7, 11) is 0. The normalized spacial score (nSPS) is 13.8. The number of aliphatic carboxylic acids is 1. The summed E-state index contributed by atoms with van der Waals surface area (Å²) in [6.45, 7) is 0.707. The van der Waals surface area contributed by atoms with Crippen LogP contribution in [0.15, 0.2) is 22.7 Å². The number of hydrogen-bond donors (Lipinski definition) is 3. The van der Waals surface area contributed by atoms with Gasteiger partial charge in [0.2, 0.25) is 0 Å². The Bertz CT molecular complexity index is 490. The lowest BCUT2D eigenvalue weighted by Crippen LogP contribution is -2.46. The lowest BCUT2D eigenvalue weighted by Gasteiger charge is -2.18. The molecule has 0 aliphatic heterocycles. The standard InChI is InChI=1S/C11H11BrClNO4/c1-11(18,10(16)17)5-14-9(15)6-2-3-7(12)8(13)4-6/h2-4,18H,5H2,1H3,(H,14,15)(H,16,17). The number of rotatable bonds is 4. The highest BCUT2D eigenvalue weighted by Crippen LogP contribution is 2.23. The van der Waals surface area contributed by atoms with E-state index in [0.29, 0.717) is 9.50 Å². The topological polar surface area (TPSA) is 86.6 Å². The van der Waals surface area contributed by atoms with Gasteiger partial charge in [-0.1, -0.05) is 11.6 Å². The van der Waals surface area contributed by atoms with Crippen LogP contribution in [-0.4, -0.2) is 34.2 Å². The molecule has 0 aromatic heterocycles. The molecule has 0 bridgehead atoms. The Morgan fingerprint density at radius 2 is 2.11 bits per heavy atom. The van der Waals surface area contributed by atoms with Crippen LogP contribution in [0.2, 0.25) is 5.02 Å². The van der Waals surface area contributed by atoms with Crippen molar-refractivity contribution in [3.05, 3.63) is 33.3 Å². The van der Waals surface area contributed by atoms with Crippen molar-refractivity contribution in [3.63, 3.8) is 0 Å². The highest BCUT2D eigenvalue weighted by Gasteiger charge is 2.30. The third-order valence-corrected chi connectivity index (χ3v) is 3.47. The molecule has 7 heteroatoms. The molecule has 0 saturated heterocycles. The molecule has 1 rings (SSSR count). The zero-order chi connectivity index (χ0) is 13.9. The number of halogens is 2. The van der Waals surface area contributed by atoms with Gasteiger partial charge in [-0.05, 0) is 41.1 Å². The van der Waals surface area contributed by atoms with E-state index < -0.39 is 24.0 Å². The van der Waals surface area contributed by atoms with Gasteiger partial charge >= 0.3 is 5.97 Å². The molecule has 1 aromatic rings. The largest absolute Gasteiger partial charge is 0.479 e. The van der Waals surface area contributed by atoms with Crippen LogP contribution < -0.4 is 5.32 Å². The Morgan fingerprint density at radius 3 is 2.61 bits per heavy atom. The molecule has 5 nitrogen and oxygen atoms in total. The van der Waals surface area contributed by atoms with Crippen LogP contribution in [0.5, 0.6) is 0 Å². The number of amides is 1. The van der Waals surface area contributed by atoms with Crippen LogP contribution in [0.1, 0.15) is 17.3 Å². The van der Waals surface area contributed by atoms with Gasteiger partial charge < -0.3 is 15.5 Å². The molecule has 0 saturated carbocycles. The molecule has 3 N–H and O–H groups in total. The Labute approximate surface area is 117 Å². The van der Waals surface area contributed by atoms with Crippen molar-refractivity contribution in [3.8, 4) is 0 Å². The van der Waals surface area contributed by atoms with Crippen molar-refractivity contribution in [2.75, 3.05) is 6.54 Å². The summed E-state index contributed by atoms with van der Waals surface area (Å²) >= 11 is 9.01. The van der Waals surface area contributed by atoms with Crippen LogP contribution in [0, 0.1) is 0 Å². The minimum atomic E-state index is -2.01. The van der Waals surface area contributed by atoms with Gasteiger partial charge in [0.1, 0.15) is 0 Å². The number of aliphatic hydroxyl groups is 1. The molecule has 0 aliphatic rings. The molecule has 0 fully saturated rings. The molecule has 1 amide bonds. The van der Waals surface area contributed by atoms with Crippen molar-refractivity contribution in [2.24, 2.45) is 0 Å². The van der Waals surface area contributed by atoms with E-state index in [9.17, 15) is 14.7 Å². The van der Waals surface area contributed by atoms with E-state index in [0.717, 1.165) is 6.92 Å². The predicted octanol–water partition coefficient (Wildman–Crippen LogP) is 1.67. The Balaban J connectivity index is 2.72. The molecular weight excluding hydrogens is 325 g/mol. The second-order valence-electron chi connectivity index (χ2n) is 3.89. The van der Waals surface area contributed by atoms with Gasteiger partial charge in [-0.2, -0.15) is 0 Å². The molecule has 0 aliphatic carbocycles. The number of carboxylic acids is 1. The lowest BCUT2D eigenvalue weighted by molar-refractivity contribution is -0.155. The van der Waals surface area contributed by atoms with Crippen LogP contribution in [-0.2, 0) is 4.79 Å². The number of carboxylic acid groups (broad SMARTS) is 1. The van der Waals surface area contributed by atoms with E-state index in [1.807, 2.05) is 0 Å². The summed E-state index contributed by atoms with van der Waals surface area (Å²) < 4.78 is 0.651. The zero-order valence-electron chi connectivity index (χ0n) is 9.41. The van der Waals surface area contributed by atoms with Gasteiger partial charge in [0, 0.05) is 10.0 Å². The van der Waals surface area contributed by atoms with E-state index in [1.165, 1.54) is 12.1 Å². The number of carbonyl (C=O) groups is 2. The summed E-state index contributed by atoms with van der Waals surface area (Å²) in [4.78, 5) is 22.3. The number of hydrogen-bond acceptors (Lipinski definition) is 3. The van der Waals surface area contributed by atoms with Crippen molar-refractivity contribution >= 4 is 39.4 Å². The summed E-state index contributed by atoms with van der Waals surface area (Å²) in [5.74, 6) is -1.91. The van der Waals surface area contributed by atoms with Gasteiger partial charge in [-0.25, -0.2) is 4.79 Å². The molecule has 1 unspecified atom stereocenters. The second-order valence-corrected chi connectivity index (χ2v) is 5.15. The maximum atomic E-state index is 11.7. The van der Waals surface area contributed by atoms with Crippen molar-refractivity contribution in [1.29, 1.82) is 0 Å². The van der Waals surface area contributed by atoms with Gasteiger partial charge in [0.05, 0.1) is 11.6 Å². The zero-order valence-corrected chi connectivity index (χ0v) is 11.7. The summed E-state index contributed by atoms with van der Waals surface area (Å²) in [6.07, 6.45) is 0. The monoisotopic (exact) mass is 335 g/mol. The van der Waals surface area contributed by atoms with Crippen LogP contribution >= 0.6 is 27.5 Å². The molecule has 0 spiro atoms. The average Bonchev–Trinajstić information content (AvgIpc) is 2.29. The molecular formula is C11H11BrClNO4. The molecule has 1 aromatic carbocycles. The van der Waals surface area contributed by atoms with E-state index in [4.69, 9.17) is 16.7 Å². The minimum absolute atomic E-state index is 0.282. The fourth-order valence-corrected chi connectivity index (χ4v) is 1.49. The van der Waals surface area contributed by atoms with Gasteiger partial charge in [0.15, 0.2) is 5.60 Å². The Morgan fingerprint density at radius 1 is 1.50 bits per heavy atom. The molecule has 98 valence electrons. The van der Waals surface area contributed by atoms with Crippen LogP contribution in [0.3, 0.4) is 0 Å². The average molecular weight is 337 g/mol. The smallest absolute Gasteiger partial charge is 0.337 e. The highest BCUT2D eigenvalue weighted by molar-refractivity contribution is 9.10. The van der Waals surface area contributed by atoms with E-state index in [2.05, 4.69) is 21.2 Å². The minimum Gasteiger partial charge on any atom is -0.479 e. The second kappa shape index (κ2) is 5.69. The maximum absolute atomic E-state index is 11.7.